The van der Waals surface area contributed by atoms with Gasteiger partial charge in [0.2, 0.25) is 5.91 Å². The van der Waals surface area contributed by atoms with Gasteiger partial charge in [-0.1, -0.05) is 6.07 Å². The first-order valence-electron chi connectivity index (χ1n) is 8.30. The van der Waals surface area contributed by atoms with Crippen molar-refractivity contribution in [1.29, 1.82) is 0 Å². The molecule has 5 nitrogen and oxygen atoms in total. The second-order valence-electron chi connectivity index (χ2n) is 6.24. The van der Waals surface area contributed by atoms with E-state index in [-0.39, 0.29) is 24.2 Å². The number of nitrogens with one attached hydrogen (secondary N) is 1. The van der Waals surface area contributed by atoms with Gasteiger partial charge >= 0.3 is 0 Å². The fourth-order valence-electron chi connectivity index (χ4n) is 3.32. The number of piperidine rings is 1. The predicted octanol–water partition coefficient (Wildman–Crippen LogP) is 1.67. The van der Waals surface area contributed by atoms with Crippen LogP contribution in [0.2, 0.25) is 0 Å². The van der Waals surface area contributed by atoms with Gasteiger partial charge in [-0.05, 0) is 38.1 Å². The first kappa shape index (κ1) is 19.6. The fraction of sp³-hybridized carbons (Fsp3) is 0.529. The average molecular weight is 374 g/mol. The van der Waals surface area contributed by atoms with E-state index < -0.39 is 23.1 Å². The van der Waals surface area contributed by atoms with Crippen LogP contribution in [0.3, 0.4) is 0 Å². The summed E-state index contributed by atoms with van der Waals surface area (Å²) in [5.74, 6) is -2.20. The molecule has 8 heteroatoms. The maximum Gasteiger partial charge on any atom is 0.259 e. The van der Waals surface area contributed by atoms with Crippen molar-refractivity contribution in [1.82, 2.24) is 15.1 Å². The standard InChI is InChI=1S/C17H21F2N3O2.ClH/c18-13-2-1-3-14(19)15(13)17(24)22-10-8-21(9-11-22)16(23)12-4-6-20-7-5-12;/h1-3,12,20H,4-11H2;1H. The largest absolute Gasteiger partial charge is 0.339 e. The summed E-state index contributed by atoms with van der Waals surface area (Å²) < 4.78 is 27.5. The van der Waals surface area contributed by atoms with Crippen LogP contribution >= 0.6 is 12.4 Å². The number of halogens is 3. The van der Waals surface area contributed by atoms with E-state index >= 15 is 0 Å². The van der Waals surface area contributed by atoms with E-state index in [9.17, 15) is 18.4 Å². The van der Waals surface area contributed by atoms with Gasteiger partial charge in [-0.15, -0.1) is 12.4 Å². The summed E-state index contributed by atoms with van der Waals surface area (Å²) in [5, 5.41) is 3.23. The van der Waals surface area contributed by atoms with Crippen molar-refractivity contribution >= 4 is 24.2 Å². The zero-order chi connectivity index (χ0) is 17.1. The summed E-state index contributed by atoms with van der Waals surface area (Å²) in [4.78, 5) is 28.0. The molecule has 1 aromatic carbocycles. The predicted molar refractivity (Wildman–Crippen MR) is 91.7 cm³/mol. The molecule has 0 radical (unpaired) electrons. The van der Waals surface area contributed by atoms with Gasteiger partial charge < -0.3 is 15.1 Å². The third-order valence-corrected chi connectivity index (χ3v) is 4.74. The van der Waals surface area contributed by atoms with E-state index in [1.165, 1.54) is 11.0 Å². The molecule has 138 valence electrons. The molecule has 2 aliphatic heterocycles. The molecule has 0 saturated carbocycles. The number of rotatable bonds is 2. The molecule has 0 atom stereocenters. The monoisotopic (exact) mass is 373 g/mol. The van der Waals surface area contributed by atoms with Crippen LogP contribution in [0.1, 0.15) is 23.2 Å². The van der Waals surface area contributed by atoms with Crippen LogP contribution in [0.5, 0.6) is 0 Å². The molecule has 0 unspecified atom stereocenters. The van der Waals surface area contributed by atoms with Crippen LogP contribution in [-0.4, -0.2) is 60.9 Å². The van der Waals surface area contributed by atoms with Gasteiger partial charge in [-0.25, -0.2) is 8.78 Å². The maximum atomic E-state index is 13.7. The second kappa shape index (κ2) is 8.58. The van der Waals surface area contributed by atoms with Crippen LogP contribution < -0.4 is 5.32 Å². The lowest BCUT2D eigenvalue weighted by molar-refractivity contribution is -0.137. The van der Waals surface area contributed by atoms with Gasteiger partial charge in [0.1, 0.15) is 17.2 Å². The Labute approximate surface area is 151 Å². The molecular formula is C17H22ClF2N3O2. The van der Waals surface area contributed by atoms with Crippen molar-refractivity contribution in [3.8, 4) is 0 Å². The molecular weight excluding hydrogens is 352 g/mol. The van der Waals surface area contributed by atoms with E-state index in [0.717, 1.165) is 38.1 Å². The molecule has 2 heterocycles. The fourth-order valence-corrected chi connectivity index (χ4v) is 3.32. The number of hydrogen-bond acceptors (Lipinski definition) is 3. The normalized spacial score (nSPS) is 18.6. The van der Waals surface area contributed by atoms with Crippen molar-refractivity contribution in [3.63, 3.8) is 0 Å². The summed E-state index contributed by atoms with van der Waals surface area (Å²) >= 11 is 0. The molecule has 1 aromatic rings. The molecule has 2 fully saturated rings. The maximum absolute atomic E-state index is 13.7. The van der Waals surface area contributed by atoms with Crippen molar-refractivity contribution in [2.45, 2.75) is 12.8 Å². The minimum absolute atomic E-state index is 0. The van der Waals surface area contributed by atoms with Gasteiger partial charge in [0, 0.05) is 32.1 Å². The van der Waals surface area contributed by atoms with E-state index in [1.54, 1.807) is 4.90 Å². The third-order valence-electron chi connectivity index (χ3n) is 4.74. The Balaban J connectivity index is 0.00000225. The minimum Gasteiger partial charge on any atom is -0.339 e. The van der Waals surface area contributed by atoms with Crippen LogP contribution in [0.4, 0.5) is 8.78 Å². The number of carbonyl (C=O) groups is 2. The third kappa shape index (κ3) is 4.27. The van der Waals surface area contributed by atoms with Crippen LogP contribution in [0.25, 0.3) is 0 Å². The SMILES string of the molecule is Cl.O=C(c1c(F)cccc1F)N1CCN(C(=O)C2CCNCC2)CC1. The molecule has 2 amide bonds. The summed E-state index contributed by atoms with van der Waals surface area (Å²) in [5.41, 5.74) is -0.518. The summed E-state index contributed by atoms with van der Waals surface area (Å²) in [6.07, 6.45) is 1.66. The van der Waals surface area contributed by atoms with Crippen LogP contribution in [-0.2, 0) is 4.79 Å². The summed E-state index contributed by atoms with van der Waals surface area (Å²) in [6, 6.07) is 3.39. The van der Waals surface area contributed by atoms with E-state index in [4.69, 9.17) is 0 Å². The molecule has 25 heavy (non-hydrogen) atoms. The Kier molecular flexibility index (Phi) is 6.72. The van der Waals surface area contributed by atoms with Crippen molar-refractivity contribution in [2.24, 2.45) is 5.92 Å². The Morgan fingerprint density at radius 2 is 1.48 bits per heavy atom. The van der Waals surface area contributed by atoms with Gasteiger partial charge in [0.15, 0.2) is 0 Å². The smallest absolute Gasteiger partial charge is 0.259 e. The van der Waals surface area contributed by atoms with Gasteiger partial charge in [0.25, 0.3) is 5.91 Å². The topological polar surface area (TPSA) is 52.7 Å². The van der Waals surface area contributed by atoms with Crippen molar-refractivity contribution in [2.75, 3.05) is 39.3 Å². The quantitative estimate of drug-likeness (QED) is 0.858. The van der Waals surface area contributed by atoms with E-state index in [1.807, 2.05) is 0 Å². The lowest BCUT2D eigenvalue weighted by Crippen LogP contribution is -2.53. The molecule has 2 aliphatic rings. The van der Waals surface area contributed by atoms with Gasteiger partial charge in [0.05, 0.1) is 0 Å². The lowest BCUT2D eigenvalue weighted by Gasteiger charge is -2.37. The molecule has 3 rings (SSSR count). The number of benzene rings is 1. The first-order chi connectivity index (χ1) is 11.6. The highest BCUT2D eigenvalue weighted by Gasteiger charge is 2.31. The molecule has 1 N–H and O–H groups in total. The zero-order valence-electron chi connectivity index (χ0n) is 13.8. The molecule has 0 bridgehead atoms. The lowest BCUT2D eigenvalue weighted by atomic mass is 9.96. The summed E-state index contributed by atoms with van der Waals surface area (Å²) in [7, 11) is 0. The van der Waals surface area contributed by atoms with Crippen LogP contribution in [0.15, 0.2) is 18.2 Å². The second-order valence-corrected chi connectivity index (χ2v) is 6.24. The Morgan fingerprint density at radius 3 is 2.04 bits per heavy atom. The van der Waals surface area contributed by atoms with Crippen molar-refractivity contribution in [3.05, 3.63) is 35.4 Å². The van der Waals surface area contributed by atoms with Gasteiger partial charge in [-0.3, -0.25) is 9.59 Å². The number of piperazine rings is 1. The number of carbonyl (C=O) groups excluding carboxylic acids is 2. The average Bonchev–Trinajstić information content (AvgIpc) is 2.62. The molecule has 0 aliphatic carbocycles. The zero-order valence-corrected chi connectivity index (χ0v) is 14.7. The van der Waals surface area contributed by atoms with Crippen LogP contribution in [0, 0.1) is 17.6 Å². The van der Waals surface area contributed by atoms with E-state index in [0.29, 0.717) is 26.2 Å². The number of amides is 2. The molecule has 0 spiro atoms. The number of hydrogen-bond donors (Lipinski definition) is 1. The summed E-state index contributed by atoms with van der Waals surface area (Å²) in [6.45, 7) is 3.10. The molecule has 2 saturated heterocycles. The first-order valence-corrected chi connectivity index (χ1v) is 8.30. The Hall–Kier alpha value is -1.73. The minimum atomic E-state index is -0.854. The van der Waals surface area contributed by atoms with Crippen molar-refractivity contribution < 1.29 is 18.4 Å². The molecule has 0 aromatic heterocycles. The Morgan fingerprint density at radius 1 is 0.960 bits per heavy atom. The Bertz CT molecular complexity index is 610. The highest BCUT2D eigenvalue weighted by atomic mass is 35.5. The van der Waals surface area contributed by atoms with Gasteiger partial charge in [-0.2, -0.15) is 0 Å². The number of nitrogens with zero attached hydrogens (tertiary/aromatic N) is 2. The highest BCUT2D eigenvalue weighted by Crippen LogP contribution is 2.19. The van der Waals surface area contributed by atoms with E-state index in [2.05, 4.69) is 5.32 Å². The highest BCUT2D eigenvalue weighted by molar-refractivity contribution is 5.95.